The van der Waals surface area contributed by atoms with Gasteiger partial charge in [0.1, 0.15) is 33.5 Å². The summed E-state index contributed by atoms with van der Waals surface area (Å²) in [5.74, 6) is -0.853. The number of halogens is 4. The van der Waals surface area contributed by atoms with E-state index in [1.165, 1.54) is 12.5 Å². The summed E-state index contributed by atoms with van der Waals surface area (Å²) in [6.07, 6.45) is -1.31. The standard InChI is InChI=1S/C21H19ClF3N7O3S/c1-11(30-18(33)14-7-17(29-10-28-14)32-2-4-35-5-3-32)20-27-9-15(36-20)19(34)31-16-6-12(21(23,24)25)13(22)8-26-16/h6-11H,2-5H2,1H3,(H,30,33)(H,26,31,34). The summed E-state index contributed by atoms with van der Waals surface area (Å²) < 4.78 is 44.5. The van der Waals surface area contributed by atoms with E-state index in [2.05, 4.69) is 30.6 Å². The van der Waals surface area contributed by atoms with Gasteiger partial charge >= 0.3 is 6.18 Å². The number of anilines is 2. The maximum absolute atomic E-state index is 13.0. The second-order valence-electron chi connectivity index (χ2n) is 7.62. The Morgan fingerprint density at radius 1 is 1.11 bits per heavy atom. The second-order valence-corrected chi connectivity index (χ2v) is 9.09. The molecule has 4 heterocycles. The fourth-order valence-electron chi connectivity index (χ4n) is 3.26. The zero-order valence-corrected chi connectivity index (χ0v) is 20.2. The van der Waals surface area contributed by atoms with Gasteiger partial charge in [0.25, 0.3) is 11.8 Å². The Morgan fingerprint density at radius 3 is 2.58 bits per heavy atom. The number of rotatable bonds is 6. The molecule has 1 atom stereocenters. The molecule has 36 heavy (non-hydrogen) atoms. The number of carbonyl (C=O) groups excluding carboxylic acids is 2. The van der Waals surface area contributed by atoms with Crippen LogP contribution in [0.25, 0.3) is 0 Å². The Bertz CT molecular complexity index is 1270. The summed E-state index contributed by atoms with van der Waals surface area (Å²) >= 11 is 6.53. The van der Waals surface area contributed by atoms with Crippen LogP contribution in [0.1, 0.15) is 43.7 Å². The highest BCUT2D eigenvalue weighted by Gasteiger charge is 2.34. The SMILES string of the molecule is CC(NC(=O)c1cc(N2CCOCC2)ncn1)c1ncc(C(=O)Nc2cc(C(F)(F)F)c(Cl)cn2)s1. The number of nitrogens with one attached hydrogen (secondary N) is 2. The average Bonchev–Trinajstić information content (AvgIpc) is 3.36. The molecule has 0 radical (unpaired) electrons. The minimum absolute atomic E-state index is 0.119. The molecule has 0 bridgehead atoms. The molecule has 1 fully saturated rings. The lowest BCUT2D eigenvalue weighted by atomic mass is 10.2. The molecule has 10 nitrogen and oxygen atoms in total. The highest BCUT2D eigenvalue weighted by atomic mass is 35.5. The number of hydrogen-bond donors (Lipinski definition) is 2. The number of morpholine rings is 1. The number of hydrogen-bond acceptors (Lipinski definition) is 9. The van der Waals surface area contributed by atoms with Crippen LogP contribution in [0, 0.1) is 0 Å². The van der Waals surface area contributed by atoms with Crippen molar-refractivity contribution in [2.75, 3.05) is 36.5 Å². The molecule has 3 aromatic heterocycles. The Hall–Kier alpha value is -3.36. The first-order valence-corrected chi connectivity index (χ1v) is 11.8. The van der Waals surface area contributed by atoms with E-state index in [4.69, 9.17) is 16.3 Å². The van der Waals surface area contributed by atoms with Gasteiger partial charge < -0.3 is 20.3 Å². The maximum Gasteiger partial charge on any atom is 0.418 e. The number of aromatic nitrogens is 4. The largest absolute Gasteiger partial charge is 0.418 e. The lowest BCUT2D eigenvalue weighted by molar-refractivity contribution is -0.137. The van der Waals surface area contributed by atoms with Crippen molar-refractivity contribution in [3.05, 3.63) is 57.0 Å². The first-order chi connectivity index (χ1) is 17.1. The highest BCUT2D eigenvalue weighted by molar-refractivity contribution is 7.13. The van der Waals surface area contributed by atoms with Gasteiger partial charge in [0, 0.05) is 25.4 Å². The second kappa shape index (κ2) is 10.7. The molecule has 190 valence electrons. The van der Waals surface area contributed by atoms with E-state index in [-0.39, 0.29) is 16.4 Å². The van der Waals surface area contributed by atoms with E-state index in [1.807, 2.05) is 4.90 Å². The number of ether oxygens (including phenoxy) is 1. The number of pyridine rings is 1. The van der Waals surface area contributed by atoms with Crippen LogP contribution in [-0.4, -0.2) is 58.1 Å². The minimum atomic E-state index is -4.70. The fourth-order valence-corrected chi connectivity index (χ4v) is 4.29. The fraction of sp³-hybridized carbons (Fsp3) is 0.333. The summed E-state index contributed by atoms with van der Waals surface area (Å²) in [7, 11) is 0. The molecule has 1 saturated heterocycles. The van der Waals surface area contributed by atoms with E-state index >= 15 is 0 Å². The van der Waals surface area contributed by atoms with Crippen molar-refractivity contribution in [3.63, 3.8) is 0 Å². The summed E-state index contributed by atoms with van der Waals surface area (Å²) in [5.41, 5.74) is -0.945. The van der Waals surface area contributed by atoms with Crippen molar-refractivity contribution in [2.24, 2.45) is 0 Å². The van der Waals surface area contributed by atoms with E-state index in [0.29, 0.717) is 43.2 Å². The van der Waals surface area contributed by atoms with Crippen LogP contribution in [-0.2, 0) is 10.9 Å². The summed E-state index contributed by atoms with van der Waals surface area (Å²) in [6.45, 7) is 4.13. The summed E-state index contributed by atoms with van der Waals surface area (Å²) in [6, 6.07) is 1.66. The summed E-state index contributed by atoms with van der Waals surface area (Å²) in [4.78, 5) is 43.5. The molecule has 0 aliphatic carbocycles. The topological polar surface area (TPSA) is 122 Å². The first kappa shape index (κ1) is 25.7. The number of alkyl halides is 3. The Morgan fingerprint density at radius 2 is 1.86 bits per heavy atom. The predicted molar refractivity (Wildman–Crippen MR) is 125 cm³/mol. The third-order valence-corrected chi connectivity index (χ3v) is 6.57. The van der Waals surface area contributed by atoms with Gasteiger partial charge in [-0.25, -0.2) is 19.9 Å². The van der Waals surface area contributed by atoms with Gasteiger partial charge in [-0.2, -0.15) is 13.2 Å². The molecule has 2 amide bonds. The van der Waals surface area contributed by atoms with E-state index in [9.17, 15) is 22.8 Å². The van der Waals surface area contributed by atoms with Crippen LogP contribution < -0.4 is 15.5 Å². The molecular weight excluding hydrogens is 523 g/mol. The van der Waals surface area contributed by atoms with Crippen LogP contribution in [0.2, 0.25) is 5.02 Å². The molecule has 0 spiro atoms. The van der Waals surface area contributed by atoms with E-state index in [0.717, 1.165) is 17.5 Å². The van der Waals surface area contributed by atoms with Crippen LogP contribution in [0.5, 0.6) is 0 Å². The third-order valence-electron chi connectivity index (χ3n) is 5.09. The molecule has 3 aromatic rings. The normalized spacial score (nSPS) is 14.9. The molecule has 2 N–H and O–H groups in total. The number of carbonyl (C=O) groups is 2. The Balaban J connectivity index is 1.40. The molecule has 0 saturated carbocycles. The van der Waals surface area contributed by atoms with Crippen LogP contribution in [0.15, 0.2) is 30.9 Å². The predicted octanol–water partition coefficient (Wildman–Crippen LogP) is 3.58. The lowest BCUT2D eigenvalue weighted by Crippen LogP contribution is -2.37. The first-order valence-electron chi connectivity index (χ1n) is 10.6. The van der Waals surface area contributed by atoms with Crippen molar-refractivity contribution >= 4 is 46.4 Å². The molecule has 4 rings (SSSR count). The van der Waals surface area contributed by atoms with Crippen LogP contribution in [0.4, 0.5) is 24.8 Å². The van der Waals surface area contributed by atoms with Crippen LogP contribution >= 0.6 is 22.9 Å². The smallest absolute Gasteiger partial charge is 0.378 e. The van der Waals surface area contributed by atoms with Crippen molar-refractivity contribution in [1.29, 1.82) is 0 Å². The van der Waals surface area contributed by atoms with Gasteiger partial charge in [0.15, 0.2) is 0 Å². The highest BCUT2D eigenvalue weighted by Crippen LogP contribution is 2.35. The molecule has 1 aliphatic rings. The Labute approximate surface area is 211 Å². The van der Waals surface area contributed by atoms with Crippen molar-refractivity contribution in [1.82, 2.24) is 25.3 Å². The van der Waals surface area contributed by atoms with Crippen molar-refractivity contribution in [2.45, 2.75) is 19.1 Å². The van der Waals surface area contributed by atoms with E-state index < -0.39 is 34.6 Å². The third kappa shape index (κ3) is 6.06. The summed E-state index contributed by atoms with van der Waals surface area (Å²) in [5, 5.41) is 4.90. The quantitative estimate of drug-likeness (QED) is 0.485. The van der Waals surface area contributed by atoms with Gasteiger partial charge in [-0.15, -0.1) is 11.3 Å². The number of thiazole rings is 1. The minimum Gasteiger partial charge on any atom is -0.378 e. The lowest BCUT2D eigenvalue weighted by Gasteiger charge is -2.27. The number of nitrogens with zero attached hydrogens (tertiary/aromatic N) is 5. The molecule has 15 heteroatoms. The van der Waals surface area contributed by atoms with Gasteiger partial charge in [-0.05, 0) is 13.0 Å². The molecule has 0 aromatic carbocycles. The van der Waals surface area contributed by atoms with Crippen molar-refractivity contribution < 1.29 is 27.5 Å². The maximum atomic E-state index is 13.0. The number of amides is 2. The monoisotopic (exact) mass is 541 g/mol. The molecule has 1 aliphatic heterocycles. The van der Waals surface area contributed by atoms with E-state index in [1.54, 1.807) is 13.0 Å². The Kier molecular flexibility index (Phi) is 7.66. The molecular formula is C21H19ClF3N7O3S. The van der Waals surface area contributed by atoms with Crippen LogP contribution in [0.3, 0.4) is 0 Å². The zero-order chi connectivity index (χ0) is 25.9. The van der Waals surface area contributed by atoms with Gasteiger partial charge in [0.2, 0.25) is 0 Å². The van der Waals surface area contributed by atoms with Gasteiger partial charge in [-0.1, -0.05) is 11.6 Å². The zero-order valence-electron chi connectivity index (χ0n) is 18.7. The van der Waals surface area contributed by atoms with Gasteiger partial charge in [0.05, 0.1) is 36.0 Å². The average molecular weight is 542 g/mol. The molecule has 1 unspecified atom stereocenters. The van der Waals surface area contributed by atoms with Gasteiger partial charge in [-0.3, -0.25) is 9.59 Å². The van der Waals surface area contributed by atoms with Crippen molar-refractivity contribution in [3.8, 4) is 0 Å².